The van der Waals surface area contributed by atoms with Crippen molar-refractivity contribution in [3.63, 3.8) is 0 Å². The lowest BCUT2D eigenvalue weighted by Crippen LogP contribution is -2.37. The Labute approximate surface area is 641 Å². The first-order valence-corrected chi connectivity index (χ1v) is 39.3. The first-order chi connectivity index (χ1) is 48.0. The van der Waals surface area contributed by atoms with E-state index in [2.05, 4.69) is 292 Å². The molecule has 2 aliphatic carbocycles. The number of urea groups is 1. The summed E-state index contributed by atoms with van der Waals surface area (Å²) in [7, 11) is 22.2. The number of pyridine rings is 2. The number of amides is 2. The van der Waals surface area contributed by atoms with E-state index in [1.165, 1.54) is 55.0 Å². The van der Waals surface area contributed by atoms with Crippen LogP contribution in [-0.2, 0) is 20.5 Å². The van der Waals surface area contributed by atoms with E-state index in [4.69, 9.17) is 0 Å². The number of nitrogens with zero attached hydrogens (tertiary/aromatic N) is 9. The van der Waals surface area contributed by atoms with Crippen LogP contribution in [0.15, 0.2) is 156 Å². The van der Waals surface area contributed by atoms with Crippen molar-refractivity contribution in [1.82, 2.24) is 40.7 Å². The SMILES string of the molecule is CC.CC.CC.CC.CC(C)CC1=CN=C2C=CC=CC12.CC(C)CC1=C[N+](C)=C2C=CC=CC12.CC(C)CN(C)C.CC(C)C[N+](C)(C)C.CC(C)Cc1cn(C)cn1.CCC(C)C.CCC(C)C.CN=C(NC)NCC(C)C.CNC(=O)NCC(C)C.C[n+]1ccccc1.[HH].[HH].[HH].[HH].c1ccncc1. The summed E-state index contributed by atoms with van der Waals surface area (Å²) in [5.74, 6) is 8.61. The van der Waals surface area contributed by atoms with E-state index in [1.54, 1.807) is 32.1 Å². The zero-order valence-electron chi connectivity index (χ0n) is 74.3. The van der Waals surface area contributed by atoms with Gasteiger partial charge in [0.05, 0.1) is 51.3 Å². The van der Waals surface area contributed by atoms with Gasteiger partial charge in [-0.1, -0.05) is 255 Å². The van der Waals surface area contributed by atoms with Crippen molar-refractivity contribution in [3.05, 3.63) is 152 Å². The number of rotatable bonds is 16. The summed E-state index contributed by atoms with van der Waals surface area (Å²) in [6, 6.07) is 11.6. The summed E-state index contributed by atoms with van der Waals surface area (Å²) in [6.07, 6.45) is 39.1. The molecule has 14 heteroatoms. The van der Waals surface area contributed by atoms with Gasteiger partial charge in [-0.05, 0) is 111 Å². The predicted molar refractivity (Wildman–Crippen MR) is 469 cm³/mol. The fraction of sp³-hybridized carbons (Fsp3) is 0.670. The third-order valence-electron chi connectivity index (χ3n) is 13.4. The number of hydrogen-bond donors (Lipinski definition) is 4. The van der Waals surface area contributed by atoms with Crippen LogP contribution in [0.5, 0.6) is 0 Å². The van der Waals surface area contributed by atoms with E-state index in [0.717, 1.165) is 71.9 Å². The largest absolute Gasteiger partial charge is 0.359 e. The molecule has 0 bridgehead atoms. The van der Waals surface area contributed by atoms with Crippen molar-refractivity contribution in [2.24, 2.45) is 89.2 Å². The molecule has 2 aliphatic heterocycles. The van der Waals surface area contributed by atoms with Gasteiger partial charge in [0.15, 0.2) is 30.3 Å². The van der Waals surface area contributed by atoms with Crippen LogP contribution in [0.2, 0.25) is 0 Å². The predicted octanol–water partition coefficient (Wildman–Crippen LogP) is 21.8. The number of guanidine groups is 1. The molecule has 5 heterocycles. The maximum absolute atomic E-state index is 10.5. The molecule has 0 aromatic carbocycles. The molecule has 7 rings (SSSR count). The van der Waals surface area contributed by atoms with Gasteiger partial charge in [0.25, 0.3) is 0 Å². The lowest BCUT2D eigenvalue weighted by molar-refractivity contribution is -0.873. The number of carbonyl (C=O) groups excluding carboxylic acids is 1. The number of aromatic nitrogens is 4. The second kappa shape index (κ2) is 75.9. The Balaban J connectivity index is -0.0000000916. The monoisotopic (exact) mass is 1440 g/mol. The average Bonchev–Trinajstić information content (AvgIpc) is 1.68. The van der Waals surface area contributed by atoms with Gasteiger partial charge in [-0.2, -0.15) is 0 Å². The number of carbonyl (C=O) groups is 1. The molecule has 2 unspecified atom stereocenters. The molecule has 3 aromatic rings. The number of hydrogen-bond acceptors (Lipinski definition) is 6. The van der Waals surface area contributed by atoms with Crippen molar-refractivity contribution in [2.45, 2.75) is 226 Å². The zero-order chi connectivity index (χ0) is 80.8. The maximum Gasteiger partial charge on any atom is 0.314 e. The normalized spacial score (nSPS) is 13.6. The number of imidazole rings is 1. The summed E-state index contributed by atoms with van der Waals surface area (Å²) in [4.78, 5) is 29.1. The average molecular weight is 1440 g/mol. The van der Waals surface area contributed by atoms with Gasteiger partial charge < -0.3 is 35.2 Å². The highest BCUT2D eigenvalue weighted by molar-refractivity contribution is 6.03. The Kier molecular flexibility index (Phi) is 83.1. The lowest BCUT2D eigenvalue weighted by Gasteiger charge is -2.25. The first-order valence-electron chi connectivity index (χ1n) is 39.3. The Morgan fingerprint density at radius 1 is 0.588 bits per heavy atom. The summed E-state index contributed by atoms with van der Waals surface area (Å²) in [5.41, 5.74) is 6.84. The molecule has 3 aromatic heterocycles. The Morgan fingerprint density at radius 3 is 1.35 bits per heavy atom. The van der Waals surface area contributed by atoms with E-state index in [1.807, 2.05) is 147 Å². The van der Waals surface area contributed by atoms with E-state index in [0.29, 0.717) is 29.6 Å². The first kappa shape index (κ1) is 112. The Bertz CT molecular complexity index is 2550. The fourth-order valence-electron chi connectivity index (χ4n) is 8.67. The van der Waals surface area contributed by atoms with Gasteiger partial charge in [0.1, 0.15) is 14.1 Å². The summed E-state index contributed by atoms with van der Waals surface area (Å²) in [5, 5.41) is 11.3. The topological polar surface area (TPSA) is 131 Å². The molecule has 0 saturated carbocycles. The van der Waals surface area contributed by atoms with E-state index in [9.17, 15) is 4.79 Å². The molecule has 0 fully saturated rings. The summed E-state index contributed by atoms with van der Waals surface area (Å²) in [6.45, 7) is 64.3. The van der Waals surface area contributed by atoms with Crippen molar-refractivity contribution < 1.29 is 24.1 Å². The molecule has 102 heavy (non-hydrogen) atoms. The van der Waals surface area contributed by atoms with Crippen LogP contribution < -0.4 is 25.8 Å². The minimum absolute atomic E-state index is 0. The van der Waals surface area contributed by atoms with Crippen molar-refractivity contribution in [3.8, 4) is 0 Å². The smallest absolute Gasteiger partial charge is 0.314 e. The van der Waals surface area contributed by atoms with Gasteiger partial charge in [-0.15, -0.1) is 0 Å². The third-order valence-corrected chi connectivity index (χ3v) is 13.4. The molecule has 2 amide bonds. The molecule has 0 saturated heterocycles. The molecule has 0 radical (unpaired) electrons. The number of fused-ring (bicyclic) bond motifs is 2. The van der Waals surface area contributed by atoms with Crippen LogP contribution in [0.25, 0.3) is 0 Å². The number of quaternary nitrogens is 1. The second-order valence-electron chi connectivity index (χ2n) is 29.4. The van der Waals surface area contributed by atoms with Gasteiger partial charge >= 0.3 is 6.03 Å². The van der Waals surface area contributed by atoms with Gasteiger partial charge in [0.2, 0.25) is 0 Å². The highest BCUT2D eigenvalue weighted by Crippen LogP contribution is 2.30. The fourth-order valence-corrected chi connectivity index (χ4v) is 8.67. The molecule has 4 aliphatic rings. The maximum atomic E-state index is 10.5. The van der Waals surface area contributed by atoms with E-state index in [-0.39, 0.29) is 11.7 Å². The van der Waals surface area contributed by atoms with Crippen LogP contribution in [-0.4, -0.2) is 142 Å². The van der Waals surface area contributed by atoms with E-state index >= 15 is 0 Å². The number of aliphatic imine (C=N–C) groups is 2. The summed E-state index contributed by atoms with van der Waals surface area (Å²) >= 11 is 0. The van der Waals surface area contributed by atoms with Crippen molar-refractivity contribution in [2.75, 3.05) is 89.6 Å². The van der Waals surface area contributed by atoms with Crippen LogP contribution >= 0.6 is 0 Å². The Hall–Kier alpha value is -6.25. The van der Waals surface area contributed by atoms with Gasteiger partial charge in [0, 0.05) is 107 Å². The summed E-state index contributed by atoms with van der Waals surface area (Å²) < 4.78 is 7.32. The molecule has 600 valence electrons. The highest BCUT2D eigenvalue weighted by atomic mass is 16.2. The molecule has 14 nitrogen and oxygen atoms in total. The molecular weight excluding hydrogens is 1260 g/mol. The lowest BCUT2D eigenvalue weighted by atomic mass is 9.88. The Morgan fingerprint density at radius 2 is 1.04 bits per heavy atom. The molecule has 2 atom stereocenters. The standard InChI is InChI=1S/C13H18N.C12H15N.C8H14N2.C7H17N3.C7H18N.C6H14N2O.C6H8N.C6H15N.C5H5N.2C5H12.4C2H6.4H2/c1-10(2)8-11-9-14(3)13-7-5-4-6-12(11)13;1-9(2)7-10-8-13-12-6-4-3-5-11(10)12;1-7(2)4-8-5-10(3)6-9-8;1-6(2)5-10-7(8-3)9-4;1-7(2)6-8(3,4)5;1-5(2)4-8-6(9)7-3;1-7-5-3-2-4-6-7;1-6(2)5-7(3)4;1-2-4-6-5-3-1;2*1-4-5(2)3;4*1-2;;;;/h4-7,9-10,12H,8H2,1-3H3;3-6,8-9,11H,7H2,1-2H3;5-7H,4H2,1-3H3;6H,5H2,1-4H3,(H2,8,9,10);7H,6H2,1-5H3;5H,4H2,1-3H3,(H2,7,8,9);2-6H,1H3;6H,5H2,1-4H3;1-5H;2*5H,4H2,1-3H3;4*1-2H3;4*1H/q+1;;;;+1;;+1;;;;;;;;;;;;. The van der Waals surface area contributed by atoms with E-state index < -0.39 is 0 Å². The van der Waals surface area contributed by atoms with Crippen molar-refractivity contribution in [1.29, 1.82) is 0 Å². The number of aryl methyl sites for hydroxylation is 2. The number of allylic oxidation sites excluding steroid dienone is 10. The number of nitrogens with one attached hydrogen (secondary N) is 4. The minimum Gasteiger partial charge on any atom is -0.359 e. The second-order valence-corrected chi connectivity index (χ2v) is 29.4. The molecule has 4 N–H and O–H groups in total. The highest BCUT2D eigenvalue weighted by Gasteiger charge is 2.31. The third kappa shape index (κ3) is 79.5. The van der Waals surface area contributed by atoms with Crippen LogP contribution in [0.1, 0.15) is 231 Å². The van der Waals surface area contributed by atoms with Gasteiger partial charge in [-0.25, -0.2) is 18.9 Å². The van der Waals surface area contributed by atoms with Crippen LogP contribution in [0.4, 0.5) is 4.79 Å². The zero-order valence-corrected chi connectivity index (χ0v) is 74.3. The van der Waals surface area contributed by atoms with Crippen LogP contribution in [0.3, 0.4) is 0 Å². The quantitative estimate of drug-likeness (QED) is 0.0489. The minimum atomic E-state index is -0.108. The van der Waals surface area contributed by atoms with Crippen molar-refractivity contribution >= 4 is 23.4 Å². The van der Waals surface area contributed by atoms with Crippen LogP contribution in [0, 0.1) is 65.1 Å². The van der Waals surface area contributed by atoms with Gasteiger partial charge in [-0.3, -0.25) is 15.0 Å². The molecular formula is C88H180N13O+3. The molecule has 0 spiro atoms.